The summed E-state index contributed by atoms with van der Waals surface area (Å²) in [5, 5.41) is 10.4. The first-order valence-corrected chi connectivity index (χ1v) is 11.2. The maximum Gasteiger partial charge on any atom is 0.191 e. The average molecular weight is 558 g/mol. The third kappa shape index (κ3) is 7.58. The quantitative estimate of drug-likeness (QED) is 0.263. The van der Waals surface area contributed by atoms with Crippen molar-refractivity contribution < 1.29 is 12.8 Å². The molecule has 2 heterocycles. The predicted octanol–water partition coefficient (Wildman–Crippen LogP) is 2.43. The van der Waals surface area contributed by atoms with Gasteiger partial charge in [0.15, 0.2) is 21.6 Å². The van der Waals surface area contributed by atoms with Gasteiger partial charge >= 0.3 is 0 Å². The molecule has 11 heteroatoms. The Labute approximate surface area is 197 Å². The number of guanidine groups is 1. The molecule has 2 aromatic heterocycles. The van der Waals surface area contributed by atoms with Crippen LogP contribution in [0.2, 0.25) is 0 Å². The minimum atomic E-state index is -3.23. The number of sulfone groups is 1. The first-order valence-electron chi connectivity index (χ1n) is 9.18. The predicted molar refractivity (Wildman–Crippen MR) is 129 cm³/mol. The van der Waals surface area contributed by atoms with Gasteiger partial charge in [-0.2, -0.15) is 5.10 Å². The Bertz CT molecular complexity index is 1140. The lowest BCUT2D eigenvalue weighted by Gasteiger charge is -2.14. The number of hydrogen-bond acceptors (Lipinski definition) is 5. The largest absolute Gasteiger partial charge is 0.352 e. The average Bonchev–Trinajstić information content (AvgIpc) is 3.24. The molecule has 2 N–H and O–H groups in total. The number of aromatic nitrogens is 3. The second-order valence-electron chi connectivity index (χ2n) is 6.74. The summed E-state index contributed by atoms with van der Waals surface area (Å²) in [6.07, 6.45) is 6.35. The maximum atomic E-state index is 13.7. The molecule has 0 aliphatic carbocycles. The molecular weight excluding hydrogens is 534 g/mol. The molecule has 1 aromatic carbocycles. The summed E-state index contributed by atoms with van der Waals surface area (Å²) in [7, 11) is -1.61. The lowest BCUT2D eigenvalue weighted by molar-refractivity contribution is 0.599. The zero-order valence-electron chi connectivity index (χ0n) is 17.1. The first kappa shape index (κ1) is 24.7. The summed E-state index contributed by atoms with van der Waals surface area (Å²) in [6.45, 7) is 0.715. The highest BCUT2D eigenvalue weighted by atomic mass is 127. The maximum absolute atomic E-state index is 13.7. The third-order valence-corrected chi connectivity index (χ3v) is 5.10. The van der Waals surface area contributed by atoms with Crippen molar-refractivity contribution in [3.8, 4) is 5.82 Å². The van der Waals surface area contributed by atoms with Crippen LogP contribution in [0.4, 0.5) is 4.39 Å². The van der Waals surface area contributed by atoms with Crippen LogP contribution in [0.3, 0.4) is 0 Å². The second-order valence-corrected chi connectivity index (χ2v) is 8.88. The van der Waals surface area contributed by atoms with E-state index >= 15 is 0 Å². The molecule has 3 aromatic rings. The fraction of sp³-hybridized carbons (Fsp3) is 0.250. The van der Waals surface area contributed by atoms with Crippen molar-refractivity contribution in [2.24, 2.45) is 4.99 Å². The van der Waals surface area contributed by atoms with Crippen LogP contribution in [-0.4, -0.2) is 42.4 Å². The third-order valence-electron chi connectivity index (χ3n) is 4.26. The van der Waals surface area contributed by atoms with E-state index in [1.807, 2.05) is 24.4 Å². The van der Waals surface area contributed by atoms with Crippen molar-refractivity contribution in [1.29, 1.82) is 0 Å². The lowest BCUT2D eigenvalue weighted by atomic mass is 10.1. The van der Waals surface area contributed by atoms with Crippen LogP contribution in [0.15, 0.2) is 60.0 Å². The van der Waals surface area contributed by atoms with E-state index in [0.717, 1.165) is 11.8 Å². The Kier molecular flexibility index (Phi) is 8.92. The molecule has 8 nitrogen and oxygen atoms in total. The normalized spacial score (nSPS) is 11.6. The van der Waals surface area contributed by atoms with Gasteiger partial charge in [0.2, 0.25) is 0 Å². The topological polar surface area (TPSA) is 101 Å². The number of nitrogens with one attached hydrogen (secondary N) is 2. The second kappa shape index (κ2) is 11.2. The molecule has 31 heavy (non-hydrogen) atoms. The standard InChI is InChI=1S/C20H23FN6O2S.HI/c1-22-20(24-12-15-6-8-23-19(10-15)27-9-3-7-26-27)25-13-17-11-18(21)5-4-16(17)14-30(2,28)29;/h3-11H,12-14H2,1-2H3,(H2,22,24,25);1H. The molecule has 0 saturated heterocycles. The first-order chi connectivity index (χ1) is 14.3. The molecule has 0 bridgehead atoms. The number of nitrogens with zero attached hydrogens (tertiary/aromatic N) is 4. The van der Waals surface area contributed by atoms with Gasteiger partial charge < -0.3 is 10.6 Å². The van der Waals surface area contributed by atoms with Crippen LogP contribution in [0.1, 0.15) is 16.7 Å². The number of hydrogen-bond donors (Lipinski definition) is 2. The Hall–Kier alpha value is -2.54. The molecule has 3 rings (SSSR count). The minimum absolute atomic E-state index is 0. The number of aliphatic imine (C=N–C) groups is 1. The van der Waals surface area contributed by atoms with E-state index < -0.39 is 15.7 Å². The Balaban J connectivity index is 0.00000341. The zero-order chi connectivity index (χ0) is 21.6. The molecule has 0 spiro atoms. The molecule has 0 amide bonds. The number of halogens is 2. The molecule has 0 unspecified atom stereocenters. The number of benzene rings is 1. The SMILES string of the molecule is CN=C(NCc1ccnc(-n2cccn2)c1)NCc1cc(F)ccc1CS(C)(=O)=O.I. The Morgan fingerprint density at radius 1 is 1.13 bits per heavy atom. The number of pyridine rings is 1. The van der Waals surface area contributed by atoms with E-state index in [2.05, 4.69) is 25.7 Å². The molecule has 0 radical (unpaired) electrons. The highest BCUT2D eigenvalue weighted by Crippen LogP contribution is 2.14. The van der Waals surface area contributed by atoms with Crippen molar-refractivity contribution in [3.05, 3.63) is 77.5 Å². The van der Waals surface area contributed by atoms with Gasteiger partial charge in [-0.25, -0.2) is 22.5 Å². The fourth-order valence-electron chi connectivity index (χ4n) is 2.87. The van der Waals surface area contributed by atoms with Crippen LogP contribution in [0, 0.1) is 5.82 Å². The van der Waals surface area contributed by atoms with Crippen LogP contribution >= 0.6 is 24.0 Å². The van der Waals surface area contributed by atoms with Gasteiger partial charge in [0.1, 0.15) is 5.82 Å². The van der Waals surface area contributed by atoms with Gasteiger partial charge in [0.25, 0.3) is 0 Å². The van der Waals surface area contributed by atoms with E-state index in [-0.39, 0.29) is 36.3 Å². The van der Waals surface area contributed by atoms with Crippen molar-refractivity contribution in [2.75, 3.05) is 13.3 Å². The highest BCUT2D eigenvalue weighted by molar-refractivity contribution is 14.0. The molecule has 0 fully saturated rings. The summed E-state index contributed by atoms with van der Waals surface area (Å²) < 4.78 is 38.6. The van der Waals surface area contributed by atoms with Gasteiger partial charge in [-0.15, -0.1) is 24.0 Å². The molecule has 166 valence electrons. The summed E-state index contributed by atoms with van der Waals surface area (Å²) in [4.78, 5) is 8.46. The van der Waals surface area contributed by atoms with Gasteiger partial charge in [0, 0.05) is 45.0 Å². The monoisotopic (exact) mass is 558 g/mol. The van der Waals surface area contributed by atoms with Gasteiger partial charge in [-0.3, -0.25) is 4.99 Å². The molecule has 0 atom stereocenters. The smallest absolute Gasteiger partial charge is 0.191 e. The van der Waals surface area contributed by atoms with Gasteiger partial charge in [0.05, 0.1) is 5.75 Å². The molecule has 0 aliphatic heterocycles. The molecule has 0 saturated carbocycles. The minimum Gasteiger partial charge on any atom is -0.352 e. The van der Waals surface area contributed by atoms with E-state index in [1.54, 1.807) is 24.1 Å². The van der Waals surface area contributed by atoms with Crippen LogP contribution in [-0.2, 0) is 28.7 Å². The summed E-state index contributed by atoms with van der Waals surface area (Å²) in [5.41, 5.74) is 2.09. The zero-order valence-corrected chi connectivity index (χ0v) is 20.3. The van der Waals surface area contributed by atoms with Crippen molar-refractivity contribution in [2.45, 2.75) is 18.8 Å². The van der Waals surface area contributed by atoms with E-state index in [1.165, 1.54) is 18.2 Å². The fourth-order valence-corrected chi connectivity index (χ4v) is 3.71. The van der Waals surface area contributed by atoms with E-state index in [0.29, 0.717) is 29.4 Å². The van der Waals surface area contributed by atoms with E-state index in [9.17, 15) is 12.8 Å². The Morgan fingerprint density at radius 2 is 1.90 bits per heavy atom. The Morgan fingerprint density at radius 3 is 2.58 bits per heavy atom. The lowest BCUT2D eigenvalue weighted by Crippen LogP contribution is -2.36. The highest BCUT2D eigenvalue weighted by Gasteiger charge is 2.11. The summed E-state index contributed by atoms with van der Waals surface area (Å²) in [5.74, 6) is 0.633. The van der Waals surface area contributed by atoms with E-state index in [4.69, 9.17) is 0 Å². The van der Waals surface area contributed by atoms with Gasteiger partial charge in [-0.1, -0.05) is 6.07 Å². The molecular formula is C20H24FIN6O2S. The van der Waals surface area contributed by atoms with Gasteiger partial charge in [-0.05, 0) is 47.0 Å². The molecule has 0 aliphatic rings. The van der Waals surface area contributed by atoms with Crippen molar-refractivity contribution in [1.82, 2.24) is 25.4 Å². The van der Waals surface area contributed by atoms with Crippen molar-refractivity contribution >= 4 is 39.8 Å². The number of rotatable bonds is 7. The summed E-state index contributed by atoms with van der Waals surface area (Å²) >= 11 is 0. The summed E-state index contributed by atoms with van der Waals surface area (Å²) in [6, 6.07) is 9.70. The van der Waals surface area contributed by atoms with Crippen molar-refractivity contribution in [3.63, 3.8) is 0 Å². The van der Waals surface area contributed by atoms with Crippen LogP contribution in [0.5, 0.6) is 0 Å². The van der Waals surface area contributed by atoms with Crippen LogP contribution < -0.4 is 10.6 Å². The van der Waals surface area contributed by atoms with Crippen LogP contribution in [0.25, 0.3) is 5.82 Å².